The number of aryl methyl sites for hydroxylation is 1. The number of likely N-dealkylation sites (tertiary alicyclic amines) is 2. The van der Waals surface area contributed by atoms with Crippen LogP contribution in [0.25, 0.3) is 0 Å². The van der Waals surface area contributed by atoms with Gasteiger partial charge < -0.3 is 15.1 Å². The van der Waals surface area contributed by atoms with Crippen molar-refractivity contribution in [2.45, 2.75) is 13.3 Å². The molecule has 2 saturated heterocycles. The van der Waals surface area contributed by atoms with E-state index in [9.17, 15) is 9.18 Å². The maximum absolute atomic E-state index is 13.3. The van der Waals surface area contributed by atoms with E-state index in [1.807, 2.05) is 24.0 Å². The molecule has 2 aliphatic rings. The van der Waals surface area contributed by atoms with E-state index < -0.39 is 5.82 Å². The van der Waals surface area contributed by atoms with Crippen LogP contribution in [-0.4, -0.2) is 55.0 Å². The Bertz CT molecular complexity index is 925. The van der Waals surface area contributed by atoms with Crippen molar-refractivity contribution in [2.24, 2.45) is 11.8 Å². The second-order valence-electron chi connectivity index (χ2n) is 8.36. The quantitative estimate of drug-likeness (QED) is 0.633. The Morgan fingerprint density at radius 1 is 1.07 bits per heavy atom. The number of hydrogen-bond donors (Lipinski definition) is 1. The molecule has 1 amide bonds. The standard InChI is InChI=1S/C23H26Cl2FN3O/c1-15-3-5-19(10-21(15)24)27-7-2-8-28-11-16-13-29(14-17(16)12-28)23(30)20-6-4-18(26)9-22(20)25/h3-6,9-10,16-17,27H,2,7-8,11-14H2,1H3. The largest absolute Gasteiger partial charge is 0.385 e. The zero-order valence-corrected chi connectivity index (χ0v) is 18.5. The van der Waals surface area contributed by atoms with Crippen LogP contribution in [0.5, 0.6) is 0 Å². The summed E-state index contributed by atoms with van der Waals surface area (Å²) in [7, 11) is 0. The molecule has 2 unspecified atom stereocenters. The van der Waals surface area contributed by atoms with Gasteiger partial charge in [0.1, 0.15) is 5.82 Å². The highest BCUT2D eigenvalue weighted by atomic mass is 35.5. The van der Waals surface area contributed by atoms with Crippen LogP contribution in [0.2, 0.25) is 10.0 Å². The second-order valence-corrected chi connectivity index (χ2v) is 9.17. The molecule has 160 valence electrons. The lowest BCUT2D eigenvalue weighted by atomic mass is 10.0. The second kappa shape index (κ2) is 9.13. The zero-order valence-electron chi connectivity index (χ0n) is 17.0. The first-order valence-corrected chi connectivity index (χ1v) is 11.1. The van der Waals surface area contributed by atoms with E-state index in [-0.39, 0.29) is 10.9 Å². The predicted octanol–water partition coefficient (Wildman–Crippen LogP) is 4.95. The molecular weight excluding hydrogens is 424 g/mol. The molecule has 4 nitrogen and oxygen atoms in total. The zero-order chi connectivity index (χ0) is 21.3. The molecule has 2 aromatic carbocycles. The highest BCUT2D eigenvalue weighted by molar-refractivity contribution is 6.33. The van der Waals surface area contributed by atoms with Crippen LogP contribution in [0.4, 0.5) is 10.1 Å². The lowest BCUT2D eigenvalue weighted by Crippen LogP contribution is -2.34. The van der Waals surface area contributed by atoms with Crippen LogP contribution in [0, 0.1) is 24.6 Å². The van der Waals surface area contributed by atoms with Gasteiger partial charge in [-0.05, 0) is 67.6 Å². The van der Waals surface area contributed by atoms with Crippen LogP contribution in [0.1, 0.15) is 22.3 Å². The third-order valence-corrected chi connectivity index (χ3v) is 6.88. The first-order valence-electron chi connectivity index (χ1n) is 10.4. The molecular formula is C23H26Cl2FN3O. The predicted molar refractivity (Wildman–Crippen MR) is 120 cm³/mol. The first kappa shape index (κ1) is 21.4. The van der Waals surface area contributed by atoms with Gasteiger partial charge in [0.25, 0.3) is 5.91 Å². The number of carbonyl (C=O) groups excluding carboxylic acids is 1. The summed E-state index contributed by atoms with van der Waals surface area (Å²) in [6, 6.07) is 10.0. The molecule has 4 rings (SSSR count). The van der Waals surface area contributed by atoms with E-state index in [4.69, 9.17) is 23.2 Å². The third kappa shape index (κ3) is 4.74. The van der Waals surface area contributed by atoms with E-state index in [0.717, 1.165) is 62.0 Å². The van der Waals surface area contributed by atoms with Gasteiger partial charge in [-0.2, -0.15) is 0 Å². The number of nitrogens with one attached hydrogen (secondary N) is 1. The summed E-state index contributed by atoms with van der Waals surface area (Å²) < 4.78 is 13.3. The first-order chi connectivity index (χ1) is 14.4. The molecule has 0 aromatic heterocycles. The Labute approximate surface area is 186 Å². The molecule has 0 spiro atoms. The van der Waals surface area contributed by atoms with Crippen molar-refractivity contribution < 1.29 is 9.18 Å². The van der Waals surface area contributed by atoms with Gasteiger partial charge in [0, 0.05) is 43.4 Å². The van der Waals surface area contributed by atoms with Gasteiger partial charge in [-0.3, -0.25) is 4.79 Å². The third-order valence-electron chi connectivity index (χ3n) is 6.16. The van der Waals surface area contributed by atoms with Gasteiger partial charge in [-0.1, -0.05) is 29.3 Å². The minimum atomic E-state index is -0.426. The molecule has 1 N–H and O–H groups in total. The number of hydrogen-bond acceptors (Lipinski definition) is 3. The molecule has 2 fully saturated rings. The smallest absolute Gasteiger partial charge is 0.255 e. The van der Waals surface area contributed by atoms with Crippen molar-refractivity contribution in [1.29, 1.82) is 0 Å². The van der Waals surface area contributed by atoms with Crippen LogP contribution in [0.15, 0.2) is 36.4 Å². The fourth-order valence-corrected chi connectivity index (χ4v) is 4.94. The molecule has 0 saturated carbocycles. The maximum atomic E-state index is 13.3. The molecule has 0 bridgehead atoms. The number of nitrogens with zero attached hydrogens (tertiary/aromatic N) is 2. The Hall–Kier alpha value is -1.82. The van der Waals surface area contributed by atoms with Gasteiger partial charge >= 0.3 is 0 Å². The molecule has 30 heavy (non-hydrogen) atoms. The van der Waals surface area contributed by atoms with E-state index in [0.29, 0.717) is 17.4 Å². The number of halogens is 3. The molecule has 0 radical (unpaired) electrons. The van der Waals surface area contributed by atoms with Gasteiger partial charge in [-0.15, -0.1) is 0 Å². The van der Waals surface area contributed by atoms with Crippen molar-refractivity contribution in [3.05, 3.63) is 63.4 Å². The van der Waals surface area contributed by atoms with Gasteiger partial charge in [0.15, 0.2) is 0 Å². The van der Waals surface area contributed by atoms with Gasteiger partial charge in [0.2, 0.25) is 0 Å². The number of carbonyl (C=O) groups is 1. The lowest BCUT2D eigenvalue weighted by Gasteiger charge is -2.22. The van der Waals surface area contributed by atoms with Crippen molar-refractivity contribution in [2.75, 3.05) is 44.6 Å². The maximum Gasteiger partial charge on any atom is 0.255 e. The Kier molecular flexibility index (Phi) is 6.51. The van der Waals surface area contributed by atoms with Crippen LogP contribution >= 0.6 is 23.2 Å². The minimum absolute atomic E-state index is 0.0955. The fraction of sp³-hybridized carbons (Fsp3) is 0.435. The topological polar surface area (TPSA) is 35.6 Å². The Morgan fingerprint density at radius 3 is 2.47 bits per heavy atom. The highest BCUT2D eigenvalue weighted by Gasteiger charge is 2.41. The fourth-order valence-electron chi connectivity index (χ4n) is 4.51. The van der Waals surface area contributed by atoms with E-state index >= 15 is 0 Å². The summed E-state index contributed by atoms with van der Waals surface area (Å²) in [6.07, 6.45) is 1.05. The van der Waals surface area contributed by atoms with E-state index in [1.54, 1.807) is 0 Å². The number of anilines is 1. The van der Waals surface area contributed by atoms with Gasteiger partial charge in [-0.25, -0.2) is 4.39 Å². The Morgan fingerprint density at radius 2 is 1.80 bits per heavy atom. The monoisotopic (exact) mass is 449 g/mol. The molecule has 2 heterocycles. The minimum Gasteiger partial charge on any atom is -0.385 e. The van der Waals surface area contributed by atoms with Gasteiger partial charge in [0.05, 0.1) is 10.6 Å². The summed E-state index contributed by atoms with van der Waals surface area (Å²) in [5.74, 6) is 0.474. The molecule has 0 aliphatic carbocycles. The summed E-state index contributed by atoms with van der Waals surface area (Å²) in [5, 5.41) is 4.40. The lowest BCUT2D eigenvalue weighted by molar-refractivity contribution is 0.0774. The summed E-state index contributed by atoms with van der Waals surface area (Å²) in [4.78, 5) is 17.1. The normalized spacial score (nSPS) is 21.1. The van der Waals surface area contributed by atoms with Crippen molar-refractivity contribution in [3.8, 4) is 0 Å². The molecule has 2 aromatic rings. The SMILES string of the molecule is Cc1ccc(NCCCN2CC3CN(C(=O)c4ccc(F)cc4Cl)CC3C2)cc1Cl. The van der Waals surface area contributed by atoms with Crippen molar-refractivity contribution in [3.63, 3.8) is 0 Å². The number of amides is 1. The number of benzene rings is 2. The van der Waals surface area contributed by atoms with Crippen LogP contribution in [-0.2, 0) is 0 Å². The number of rotatable bonds is 6. The summed E-state index contributed by atoms with van der Waals surface area (Å²) in [6.45, 7) is 7.46. The Balaban J connectivity index is 1.21. The van der Waals surface area contributed by atoms with Crippen molar-refractivity contribution in [1.82, 2.24) is 9.80 Å². The van der Waals surface area contributed by atoms with Crippen LogP contribution in [0.3, 0.4) is 0 Å². The molecule has 2 aliphatic heterocycles. The molecule has 7 heteroatoms. The average Bonchev–Trinajstić information content (AvgIpc) is 3.26. The summed E-state index contributed by atoms with van der Waals surface area (Å²) >= 11 is 12.2. The van der Waals surface area contributed by atoms with Crippen molar-refractivity contribution >= 4 is 34.8 Å². The highest BCUT2D eigenvalue weighted by Crippen LogP contribution is 2.32. The summed E-state index contributed by atoms with van der Waals surface area (Å²) in [5.41, 5.74) is 2.52. The average molecular weight is 450 g/mol. The van der Waals surface area contributed by atoms with E-state index in [2.05, 4.69) is 16.3 Å². The molecule has 2 atom stereocenters. The number of fused-ring (bicyclic) bond motifs is 1. The van der Waals surface area contributed by atoms with Crippen LogP contribution < -0.4 is 5.32 Å². The van der Waals surface area contributed by atoms with E-state index in [1.165, 1.54) is 18.2 Å².